The van der Waals surface area contributed by atoms with Crippen LogP contribution in [0.1, 0.15) is 69.9 Å². The third-order valence-corrected chi connectivity index (χ3v) is 10.4. The second-order valence-electron chi connectivity index (χ2n) is 13.5. The first-order valence-corrected chi connectivity index (χ1v) is 17.5. The minimum absolute atomic E-state index is 0.0930. The maximum absolute atomic E-state index is 14.4. The Morgan fingerprint density at radius 2 is 1.91 bits per heavy atom. The zero-order valence-corrected chi connectivity index (χ0v) is 27.9. The summed E-state index contributed by atoms with van der Waals surface area (Å²) in [6.07, 6.45) is 12.0. The average molecular weight is 628 g/mol. The fourth-order valence-electron chi connectivity index (χ4n) is 7.65. The van der Waals surface area contributed by atoms with Crippen molar-refractivity contribution in [2.75, 3.05) is 17.8 Å². The lowest BCUT2D eigenvalue weighted by atomic mass is 9.81. The zero-order chi connectivity index (χ0) is 31.3. The molecule has 4 bridgehead atoms. The molecule has 4 heterocycles. The standard InChI is InChI=1S/C35H45N7O2S/c1-23-26-21-41-30-17-27(40(20-24-18-36-39(4)19-24)34(43)42(45-5)38-35(2,3)37-23)15-16-28(30)32(25-11-7-6-8-12-25)33(41)29-13-9-10-14-31(29)44-22-26/h9-10,13-19,23,25-26,37-38H,6-8,11-12,20-22H2,1-5H3/t23?,26-/m0/s1. The van der Waals surface area contributed by atoms with Gasteiger partial charge in [-0.3, -0.25) is 14.9 Å². The van der Waals surface area contributed by atoms with Gasteiger partial charge in [-0.1, -0.05) is 37.5 Å². The fourth-order valence-corrected chi connectivity index (χ4v) is 8.23. The van der Waals surface area contributed by atoms with E-state index in [0.29, 0.717) is 19.1 Å². The highest BCUT2D eigenvalue weighted by Crippen LogP contribution is 2.48. The third-order valence-electron chi connectivity index (χ3n) is 9.79. The molecule has 2 N–H and O–H groups in total. The maximum Gasteiger partial charge on any atom is 0.349 e. The van der Waals surface area contributed by atoms with Gasteiger partial charge in [0.15, 0.2) is 0 Å². The van der Waals surface area contributed by atoms with Crippen molar-refractivity contribution in [1.82, 2.24) is 29.5 Å². The molecule has 3 aliphatic rings. The Hall–Kier alpha value is -3.47. The molecule has 1 unspecified atom stereocenters. The van der Waals surface area contributed by atoms with Gasteiger partial charge in [-0.25, -0.2) is 10.2 Å². The number of fused-ring (bicyclic) bond motifs is 4. The Morgan fingerprint density at radius 3 is 2.67 bits per heavy atom. The van der Waals surface area contributed by atoms with Gasteiger partial charge < -0.3 is 9.30 Å². The molecule has 45 heavy (non-hydrogen) atoms. The number of aromatic nitrogens is 3. The van der Waals surface area contributed by atoms with Gasteiger partial charge in [0, 0.05) is 60.2 Å². The number of urea groups is 1. The van der Waals surface area contributed by atoms with Crippen molar-refractivity contribution in [3.05, 3.63) is 66.0 Å². The van der Waals surface area contributed by atoms with E-state index in [1.165, 1.54) is 66.2 Å². The average Bonchev–Trinajstić information content (AvgIpc) is 3.58. The molecule has 10 heteroatoms. The summed E-state index contributed by atoms with van der Waals surface area (Å²) < 4.78 is 12.6. The van der Waals surface area contributed by atoms with E-state index in [-0.39, 0.29) is 18.0 Å². The first-order valence-electron chi connectivity index (χ1n) is 16.3. The number of aryl methyl sites for hydroxylation is 1. The highest BCUT2D eigenvalue weighted by molar-refractivity contribution is 7.96. The SMILES string of the molecule is CSN1NC(C)(C)NC(C)[C@@H]2COc3ccccc3-c3c(C4CCCCC4)c4ccc(cc4n3C2)N(Cc2cnn(C)c2)C1=O. The molecule has 1 fully saturated rings. The molecular weight excluding hydrogens is 582 g/mol. The predicted molar refractivity (Wildman–Crippen MR) is 182 cm³/mol. The number of nitrogens with one attached hydrogen (secondary N) is 2. The van der Waals surface area contributed by atoms with E-state index in [2.05, 4.69) is 83.6 Å². The lowest BCUT2D eigenvalue weighted by molar-refractivity contribution is 0.137. The third kappa shape index (κ3) is 5.72. The van der Waals surface area contributed by atoms with Crippen LogP contribution in [0.4, 0.5) is 10.5 Å². The van der Waals surface area contributed by atoms with Crippen molar-refractivity contribution < 1.29 is 9.53 Å². The highest BCUT2D eigenvalue weighted by atomic mass is 32.2. The number of carbonyl (C=O) groups is 1. The number of benzene rings is 2. The van der Waals surface area contributed by atoms with Gasteiger partial charge in [0.05, 0.1) is 36.2 Å². The summed E-state index contributed by atoms with van der Waals surface area (Å²) in [6.45, 7) is 8.23. The maximum atomic E-state index is 14.4. The lowest BCUT2D eigenvalue weighted by Crippen LogP contribution is -2.63. The number of anilines is 1. The van der Waals surface area contributed by atoms with Gasteiger partial charge in [0.2, 0.25) is 0 Å². The van der Waals surface area contributed by atoms with Crippen LogP contribution in [0.2, 0.25) is 0 Å². The zero-order valence-electron chi connectivity index (χ0n) is 27.0. The second-order valence-corrected chi connectivity index (χ2v) is 14.2. The summed E-state index contributed by atoms with van der Waals surface area (Å²) >= 11 is 1.37. The fraction of sp³-hybridized carbons (Fsp3) is 0.486. The van der Waals surface area contributed by atoms with Crippen LogP contribution in [0.3, 0.4) is 0 Å². The molecule has 2 atom stereocenters. The molecule has 2 aromatic heterocycles. The molecule has 4 aromatic rings. The van der Waals surface area contributed by atoms with Crippen LogP contribution >= 0.6 is 11.9 Å². The summed E-state index contributed by atoms with van der Waals surface area (Å²) in [5.41, 5.74) is 9.83. The van der Waals surface area contributed by atoms with Crippen molar-refractivity contribution in [2.45, 2.75) is 83.6 Å². The number of nitrogens with zero attached hydrogens (tertiary/aromatic N) is 5. The van der Waals surface area contributed by atoms with E-state index in [0.717, 1.165) is 29.1 Å². The van der Waals surface area contributed by atoms with Crippen LogP contribution in [0.5, 0.6) is 5.75 Å². The molecule has 9 nitrogen and oxygen atoms in total. The second kappa shape index (κ2) is 12.0. The number of para-hydroxylation sites is 1. The molecule has 238 valence electrons. The Bertz CT molecular complexity index is 1710. The van der Waals surface area contributed by atoms with E-state index in [1.54, 1.807) is 9.10 Å². The van der Waals surface area contributed by atoms with Crippen molar-refractivity contribution in [3.8, 4) is 17.0 Å². The summed E-state index contributed by atoms with van der Waals surface area (Å²) in [7, 11) is 1.91. The number of amides is 2. The number of hydrogen-bond donors (Lipinski definition) is 2. The van der Waals surface area contributed by atoms with E-state index in [4.69, 9.17) is 4.74 Å². The Morgan fingerprint density at radius 1 is 1.11 bits per heavy atom. The molecule has 0 saturated heterocycles. The summed E-state index contributed by atoms with van der Waals surface area (Å²) in [4.78, 5) is 16.3. The normalized spacial score (nSPS) is 22.4. The van der Waals surface area contributed by atoms with Crippen LogP contribution < -0.4 is 20.4 Å². The molecule has 1 aliphatic carbocycles. The Kier molecular flexibility index (Phi) is 8.08. The topological polar surface area (TPSA) is 79.6 Å². The summed E-state index contributed by atoms with van der Waals surface area (Å²) in [5, 5.41) is 9.50. The van der Waals surface area contributed by atoms with E-state index in [1.807, 2.05) is 30.6 Å². The highest BCUT2D eigenvalue weighted by Gasteiger charge is 2.36. The predicted octanol–water partition coefficient (Wildman–Crippen LogP) is 7.04. The monoisotopic (exact) mass is 627 g/mol. The van der Waals surface area contributed by atoms with E-state index < -0.39 is 5.66 Å². The molecule has 2 aliphatic heterocycles. The number of carbonyl (C=O) groups excluding carboxylic acids is 1. The first-order chi connectivity index (χ1) is 21.7. The summed E-state index contributed by atoms with van der Waals surface area (Å²) in [5.74, 6) is 1.62. The Balaban J connectivity index is 1.49. The van der Waals surface area contributed by atoms with E-state index in [9.17, 15) is 4.79 Å². The van der Waals surface area contributed by atoms with Gasteiger partial charge in [-0.05, 0) is 81.3 Å². The van der Waals surface area contributed by atoms with Gasteiger partial charge >= 0.3 is 6.03 Å². The molecule has 2 amide bonds. The molecule has 0 spiro atoms. The van der Waals surface area contributed by atoms with E-state index >= 15 is 0 Å². The summed E-state index contributed by atoms with van der Waals surface area (Å²) in [6, 6.07) is 15.2. The number of rotatable bonds is 4. The van der Waals surface area contributed by atoms with Crippen LogP contribution in [0.25, 0.3) is 22.2 Å². The van der Waals surface area contributed by atoms with Crippen LogP contribution in [0.15, 0.2) is 54.9 Å². The number of ether oxygens (including phenoxy) is 1. The molecule has 0 radical (unpaired) electrons. The lowest BCUT2D eigenvalue weighted by Gasteiger charge is -2.39. The van der Waals surface area contributed by atoms with Gasteiger partial charge in [-0.2, -0.15) is 9.51 Å². The van der Waals surface area contributed by atoms with Crippen LogP contribution in [0, 0.1) is 5.92 Å². The minimum atomic E-state index is -0.576. The van der Waals surface area contributed by atoms with Crippen LogP contribution in [-0.2, 0) is 20.1 Å². The van der Waals surface area contributed by atoms with Crippen molar-refractivity contribution in [2.24, 2.45) is 13.0 Å². The quantitative estimate of drug-likeness (QED) is 0.237. The van der Waals surface area contributed by atoms with Crippen molar-refractivity contribution in [1.29, 1.82) is 0 Å². The Labute approximate surface area is 270 Å². The van der Waals surface area contributed by atoms with Crippen molar-refractivity contribution >= 4 is 34.6 Å². The number of hydrazine groups is 1. The largest absolute Gasteiger partial charge is 0.492 e. The smallest absolute Gasteiger partial charge is 0.349 e. The van der Waals surface area contributed by atoms with Gasteiger partial charge in [0.1, 0.15) is 5.75 Å². The minimum Gasteiger partial charge on any atom is -0.492 e. The molecule has 7 rings (SSSR count). The van der Waals surface area contributed by atoms with Crippen LogP contribution in [-0.4, -0.2) is 49.4 Å². The molecule has 2 aromatic carbocycles. The van der Waals surface area contributed by atoms with Crippen molar-refractivity contribution in [3.63, 3.8) is 0 Å². The number of hydrogen-bond acceptors (Lipinski definition) is 6. The van der Waals surface area contributed by atoms with Gasteiger partial charge in [0.25, 0.3) is 0 Å². The first kappa shape index (κ1) is 30.2. The molecular formula is C35H45N7O2S. The molecule has 1 saturated carbocycles. The van der Waals surface area contributed by atoms with Gasteiger partial charge in [-0.15, -0.1) is 0 Å².